The Kier molecular flexibility index (Phi) is 7.49. The van der Waals surface area contributed by atoms with E-state index < -0.39 is 11.6 Å². The standard InChI is InChI=1S/C35H37F2N5O2/c1-3-24-27(36)12-11-22-18-23(43)19-25(29(22)24)31-30(37)32-26(20-38-31)33(42-15-8-4-5-9-16-42)40-34(39-32)44-21-35-13-7-6-10-28(35)41(2)17-14-35/h1,11-12,18-20,28,43H,4-10,13-17,21H2,2H3. The first kappa shape index (κ1) is 28.7. The van der Waals surface area contributed by atoms with Gasteiger partial charge in [0.15, 0.2) is 5.82 Å². The van der Waals surface area contributed by atoms with Crippen molar-refractivity contribution in [2.75, 3.05) is 38.2 Å². The monoisotopic (exact) mass is 597 g/mol. The highest BCUT2D eigenvalue weighted by Crippen LogP contribution is 2.47. The summed E-state index contributed by atoms with van der Waals surface area (Å²) in [5.74, 6) is 1.60. The second-order valence-corrected chi connectivity index (χ2v) is 12.7. The summed E-state index contributed by atoms with van der Waals surface area (Å²) in [7, 11) is 2.19. The van der Waals surface area contributed by atoms with E-state index in [9.17, 15) is 9.50 Å². The van der Waals surface area contributed by atoms with Gasteiger partial charge in [0, 0.05) is 41.7 Å². The van der Waals surface area contributed by atoms with Crippen LogP contribution in [-0.2, 0) is 0 Å². The zero-order valence-corrected chi connectivity index (χ0v) is 25.1. The molecule has 2 aromatic heterocycles. The smallest absolute Gasteiger partial charge is 0.319 e. The zero-order chi connectivity index (χ0) is 30.4. The minimum atomic E-state index is -0.695. The highest BCUT2D eigenvalue weighted by atomic mass is 19.1. The number of phenols is 1. The lowest BCUT2D eigenvalue weighted by Gasteiger charge is -2.40. The minimum Gasteiger partial charge on any atom is -0.508 e. The van der Waals surface area contributed by atoms with Gasteiger partial charge >= 0.3 is 6.01 Å². The number of hydrogen-bond acceptors (Lipinski definition) is 7. The Morgan fingerprint density at radius 2 is 1.86 bits per heavy atom. The van der Waals surface area contributed by atoms with Crippen molar-refractivity contribution in [1.82, 2.24) is 19.9 Å². The molecule has 0 amide bonds. The van der Waals surface area contributed by atoms with Crippen LogP contribution < -0.4 is 9.64 Å². The van der Waals surface area contributed by atoms with Crippen LogP contribution in [0.5, 0.6) is 11.8 Å². The van der Waals surface area contributed by atoms with E-state index in [0.717, 1.165) is 64.6 Å². The van der Waals surface area contributed by atoms with Crippen molar-refractivity contribution in [3.05, 3.63) is 47.7 Å². The maximum absolute atomic E-state index is 16.8. The van der Waals surface area contributed by atoms with Gasteiger partial charge in [-0.3, -0.25) is 4.98 Å². The Balaban J connectivity index is 1.37. The molecule has 0 radical (unpaired) electrons. The first-order chi connectivity index (χ1) is 21.4. The molecule has 1 saturated carbocycles. The molecule has 1 aliphatic carbocycles. The SMILES string of the molecule is C#Cc1c(F)ccc2cc(O)cc(-c3ncc4c(N5CCCCCC5)nc(OCC56CCCCC5N(C)CC6)nc4c3F)c12. The van der Waals surface area contributed by atoms with Gasteiger partial charge in [-0.25, -0.2) is 8.78 Å². The Hall–Kier alpha value is -4.03. The fourth-order valence-corrected chi connectivity index (χ4v) is 7.82. The second kappa shape index (κ2) is 11.5. The molecule has 9 heteroatoms. The molecule has 2 saturated heterocycles. The first-order valence-corrected chi connectivity index (χ1v) is 15.7. The molecule has 2 atom stereocenters. The first-order valence-electron chi connectivity index (χ1n) is 15.7. The van der Waals surface area contributed by atoms with Gasteiger partial charge in [0.2, 0.25) is 0 Å². The maximum Gasteiger partial charge on any atom is 0.319 e. The van der Waals surface area contributed by atoms with Crippen LogP contribution in [0.4, 0.5) is 14.6 Å². The second-order valence-electron chi connectivity index (χ2n) is 12.7. The van der Waals surface area contributed by atoms with Crippen LogP contribution in [0.25, 0.3) is 32.9 Å². The molecule has 7 rings (SSSR count). The van der Waals surface area contributed by atoms with Gasteiger partial charge < -0.3 is 19.6 Å². The van der Waals surface area contributed by atoms with E-state index in [0.29, 0.717) is 34.6 Å². The fourth-order valence-electron chi connectivity index (χ4n) is 7.82. The van der Waals surface area contributed by atoms with E-state index in [1.54, 1.807) is 6.20 Å². The summed E-state index contributed by atoms with van der Waals surface area (Å²) in [6, 6.07) is 6.21. The van der Waals surface area contributed by atoms with Crippen LogP contribution in [0.2, 0.25) is 0 Å². The number of terminal acetylenes is 1. The van der Waals surface area contributed by atoms with Gasteiger partial charge in [0.1, 0.15) is 28.6 Å². The summed E-state index contributed by atoms with van der Waals surface area (Å²) in [5.41, 5.74) is 0.221. The molecular weight excluding hydrogens is 560 g/mol. The number of nitrogens with zero attached hydrogens (tertiary/aromatic N) is 5. The molecule has 2 aromatic carbocycles. The van der Waals surface area contributed by atoms with E-state index >= 15 is 4.39 Å². The van der Waals surface area contributed by atoms with Crippen molar-refractivity contribution in [2.45, 2.75) is 63.8 Å². The number of rotatable bonds is 5. The van der Waals surface area contributed by atoms with Gasteiger partial charge in [-0.2, -0.15) is 9.97 Å². The minimum absolute atomic E-state index is 0.0152. The van der Waals surface area contributed by atoms with Crippen LogP contribution in [0.1, 0.15) is 63.4 Å². The number of likely N-dealkylation sites (tertiary alicyclic amines) is 1. The number of aromatic hydroxyl groups is 1. The highest BCUT2D eigenvalue weighted by molar-refractivity contribution is 6.03. The normalized spacial score (nSPS) is 22.6. The third-order valence-corrected chi connectivity index (χ3v) is 10.1. The Bertz CT molecular complexity index is 1780. The van der Waals surface area contributed by atoms with Crippen LogP contribution >= 0.6 is 0 Å². The average Bonchev–Trinajstić information content (AvgIpc) is 3.17. The third kappa shape index (κ3) is 4.89. The number of ether oxygens (including phenoxy) is 1. The molecule has 2 unspecified atom stereocenters. The molecule has 0 spiro atoms. The Morgan fingerprint density at radius 3 is 2.66 bits per heavy atom. The van der Waals surface area contributed by atoms with Gasteiger partial charge in [-0.15, -0.1) is 6.42 Å². The predicted octanol–water partition coefficient (Wildman–Crippen LogP) is 6.83. The molecule has 4 heterocycles. The number of phenolic OH excluding ortho intramolecular Hbond substituents is 1. The summed E-state index contributed by atoms with van der Waals surface area (Å²) in [6.45, 7) is 3.11. The summed E-state index contributed by atoms with van der Waals surface area (Å²) in [6.07, 6.45) is 17.3. The van der Waals surface area contributed by atoms with Crippen LogP contribution in [-0.4, -0.2) is 64.3 Å². The lowest BCUT2D eigenvalue weighted by Crippen LogP contribution is -2.44. The van der Waals surface area contributed by atoms with Crippen LogP contribution in [0.3, 0.4) is 0 Å². The topological polar surface area (TPSA) is 74.6 Å². The number of aromatic nitrogens is 3. The van der Waals surface area contributed by atoms with Gasteiger partial charge in [0.05, 0.1) is 17.6 Å². The van der Waals surface area contributed by atoms with E-state index in [4.69, 9.17) is 16.1 Å². The number of hydrogen-bond donors (Lipinski definition) is 1. The lowest BCUT2D eigenvalue weighted by atomic mass is 9.71. The Labute approximate surface area is 256 Å². The summed E-state index contributed by atoms with van der Waals surface area (Å²) in [4.78, 5) is 18.7. The van der Waals surface area contributed by atoms with E-state index in [-0.39, 0.29) is 39.5 Å². The van der Waals surface area contributed by atoms with E-state index in [2.05, 4.69) is 32.7 Å². The average molecular weight is 598 g/mol. The largest absolute Gasteiger partial charge is 0.508 e. The van der Waals surface area contributed by atoms with Crippen molar-refractivity contribution in [3.63, 3.8) is 0 Å². The van der Waals surface area contributed by atoms with Crippen molar-refractivity contribution in [2.24, 2.45) is 5.41 Å². The van der Waals surface area contributed by atoms with Crippen molar-refractivity contribution in [3.8, 4) is 35.4 Å². The van der Waals surface area contributed by atoms with E-state index in [1.165, 1.54) is 37.1 Å². The quantitative estimate of drug-likeness (QED) is 0.253. The van der Waals surface area contributed by atoms with Crippen molar-refractivity contribution < 1.29 is 18.6 Å². The maximum atomic E-state index is 16.8. The summed E-state index contributed by atoms with van der Waals surface area (Å²) in [5, 5.41) is 11.8. The van der Waals surface area contributed by atoms with Crippen molar-refractivity contribution >= 4 is 27.5 Å². The molecule has 1 N–H and O–H groups in total. The molecule has 228 valence electrons. The fraction of sp³-hybridized carbons (Fsp3) is 0.457. The number of pyridine rings is 1. The molecular formula is C35H37F2N5O2. The van der Waals surface area contributed by atoms with Gasteiger partial charge in [0.25, 0.3) is 0 Å². The molecule has 3 aliphatic rings. The third-order valence-electron chi connectivity index (χ3n) is 10.1. The molecule has 7 nitrogen and oxygen atoms in total. The molecule has 4 aromatic rings. The zero-order valence-electron chi connectivity index (χ0n) is 25.1. The van der Waals surface area contributed by atoms with Crippen LogP contribution in [0.15, 0.2) is 30.5 Å². The van der Waals surface area contributed by atoms with Crippen molar-refractivity contribution in [1.29, 1.82) is 0 Å². The number of halogens is 2. The highest BCUT2D eigenvalue weighted by Gasteiger charge is 2.47. The number of benzene rings is 2. The summed E-state index contributed by atoms with van der Waals surface area (Å²) >= 11 is 0. The van der Waals surface area contributed by atoms with Crippen LogP contribution in [0, 0.1) is 29.4 Å². The molecule has 44 heavy (non-hydrogen) atoms. The number of anilines is 1. The molecule has 3 fully saturated rings. The van der Waals surface area contributed by atoms with E-state index in [1.807, 2.05) is 0 Å². The number of fused-ring (bicyclic) bond motifs is 3. The van der Waals surface area contributed by atoms with Gasteiger partial charge in [-0.1, -0.05) is 37.7 Å². The molecule has 0 bridgehead atoms. The molecule has 2 aliphatic heterocycles. The Morgan fingerprint density at radius 1 is 1.05 bits per heavy atom. The van der Waals surface area contributed by atoms with Gasteiger partial charge in [-0.05, 0) is 69.3 Å². The summed E-state index contributed by atoms with van der Waals surface area (Å²) < 4.78 is 38.0. The lowest BCUT2D eigenvalue weighted by molar-refractivity contribution is 0.0550. The predicted molar refractivity (Wildman–Crippen MR) is 168 cm³/mol.